The van der Waals surface area contributed by atoms with Crippen molar-refractivity contribution in [1.29, 1.82) is 0 Å². The first kappa shape index (κ1) is 30.1. The molecular formula is C31H22Cl3N5O3S. The van der Waals surface area contributed by atoms with Crippen molar-refractivity contribution < 1.29 is 14.3 Å². The Morgan fingerprint density at radius 2 is 1.65 bits per heavy atom. The van der Waals surface area contributed by atoms with Crippen LogP contribution < -0.4 is 20.8 Å². The molecule has 0 saturated heterocycles. The van der Waals surface area contributed by atoms with Crippen LogP contribution in [0.5, 0.6) is 5.75 Å². The Balaban J connectivity index is 1.17. The van der Waals surface area contributed by atoms with Crippen LogP contribution in [-0.4, -0.2) is 29.6 Å². The number of carbonyl (C=O) groups is 2. The van der Waals surface area contributed by atoms with E-state index in [9.17, 15) is 9.59 Å². The van der Waals surface area contributed by atoms with Crippen molar-refractivity contribution in [3.8, 4) is 17.0 Å². The number of carbonyl (C=O) groups excluding carboxylic acids is 2. The molecule has 0 unspecified atom stereocenters. The quantitative estimate of drug-likeness (QED) is 0.104. The number of benzene rings is 4. The van der Waals surface area contributed by atoms with Gasteiger partial charge < -0.3 is 15.4 Å². The van der Waals surface area contributed by atoms with E-state index in [-0.39, 0.29) is 6.61 Å². The number of ether oxygens (including phenoxy) is 1. The average Bonchev–Trinajstić information content (AvgIpc) is 3.47. The number of hydrogen-bond acceptors (Lipinski definition) is 7. The van der Waals surface area contributed by atoms with Crippen LogP contribution in [0.4, 0.5) is 16.5 Å². The van der Waals surface area contributed by atoms with Gasteiger partial charge in [0, 0.05) is 37.8 Å². The topological polar surface area (TPSA) is 105 Å². The van der Waals surface area contributed by atoms with Crippen molar-refractivity contribution in [3.63, 3.8) is 0 Å². The third-order valence-corrected chi connectivity index (χ3v) is 7.47. The molecule has 5 aromatic rings. The minimum Gasteiger partial charge on any atom is -0.483 e. The predicted molar refractivity (Wildman–Crippen MR) is 174 cm³/mol. The number of aromatic nitrogens is 1. The molecule has 1 heterocycles. The number of rotatable bonds is 10. The molecule has 0 aliphatic carbocycles. The lowest BCUT2D eigenvalue weighted by Crippen LogP contribution is -2.21. The van der Waals surface area contributed by atoms with Crippen LogP contribution in [0.15, 0.2) is 101 Å². The molecule has 1 aromatic heterocycles. The van der Waals surface area contributed by atoms with Gasteiger partial charge in [0.25, 0.3) is 11.8 Å². The third kappa shape index (κ3) is 8.33. The van der Waals surface area contributed by atoms with Crippen LogP contribution in [0.2, 0.25) is 15.1 Å². The second-order valence-corrected chi connectivity index (χ2v) is 11.1. The van der Waals surface area contributed by atoms with E-state index < -0.39 is 11.8 Å². The molecule has 0 spiro atoms. The summed E-state index contributed by atoms with van der Waals surface area (Å²) in [7, 11) is 0. The van der Waals surface area contributed by atoms with Crippen molar-refractivity contribution in [2.45, 2.75) is 0 Å². The molecule has 2 amide bonds. The number of amides is 2. The summed E-state index contributed by atoms with van der Waals surface area (Å²) in [4.78, 5) is 29.7. The molecule has 0 saturated carbocycles. The van der Waals surface area contributed by atoms with E-state index in [1.165, 1.54) is 17.6 Å². The molecule has 216 valence electrons. The Morgan fingerprint density at radius 3 is 2.42 bits per heavy atom. The average molecular weight is 651 g/mol. The first-order valence-corrected chi connectivity index (χ1v) is 14.7. The van der Waals surface area contributed by atoms with Gasteiger partial charge in [-0.3, -0.25) is 9.59 Å². The van der Waals surface area contributed by atoms with E-state index in [0.29, 0.717) is 37.6 Å². The zero-order valence-electron chi connectivity index (χ0n) is 22.2. The number of hydrogen-bond donors (Lipinski definition) is 3. The molecule has 0 aliphatic heterocycles. The van der Waals surface area contributed by atoms with E-state index in [1.54, 1.807) is 66.7 Å². The summed E-state index contributed by atoms with van der Waals surface area (Å²) in [6, 6.07) is 26.1. The van der Waals surface area contributed by atoms with Crippen LogP contribution in [0, 0.1) is 0 Å². The molecular weight excluding hydrogens is 629 g/mol. The van der Waals surface area contributed by atoms with Gasteiger partial charge >= 0.3 is 0 Å². The molecule has 0 radical (unpaired) electrons. The molecule has 0 bridgehead atoms. The first-order chi connectivity index (χ1) is 20.8. The summed E-state index contributed by atoms with van der Waals surface area (Å²) < 4.78 is 5.67. The molecule has 12 heteroatoms. The molecule has 3 N–H and O–H groups in total. The lowest BCUT2D eigenvalue weighted by atomic mass is 10.1. The van der Waals surface area contributed by atoms with E-state index in [0.717, 1.165) is 22.1 Å². The predicted octanol–water partition coefficient (Wildman–Crippen LogP) is 8.30. The summed E-state index contributed by atoms with van der Waals surface area (Å²) in [5.74, 6) is -0.446. The Bertz CT molecular complexity index is 1780. The van der Waals surface area contributed by atoms with Gasteiger partial charge in [0.15, 0.2) is 11.7 Å². The zero-order valence-corrected chi connectivity index (χ0v) is 25.3. The highest BCUT2D eigenvalue weighted by molar-refractivity contribution is 7.14. The smallest absolute Gasteiger partial charge is 0.271 e. The maximum Gasteiger partial charge on any atom is 0.271 e. The number of nitrogens with one attached hydrogen (secondary N) is 3. The van der Waals surface area contributed by atoms with Crippen LogP contribution in [0.3, 0.4) is 0 Å². The second-order valence-electron chi connectivity index (χ2n) is 8.95. The van der Waals surface area contributed by atoms with E-state index in [4.69, 9.17) is 39.5 Å². The largest absolute Gasteiger partial charge is 0.483 e. The van der Waals surface area contributed by atoms with E-state index in [2.05, 4.69) is 26.1 Å². The SMILES string of the molecule is O=C(COc1ccc(Cl)cc1/C=N\NC(=O)c1ccc(-c2csc(Nc3ccc(Cl)cc3)n2)cc1)Nc1ccccc1Cl. The minimum absolute atomic E-state index is 0.274. The molecule has 5 rings (SSSR count). The lowest BCUT2D eigenvalue weighted by Gasteiger charge is -2.11. The summed E-state index contributed by atoms with van der Waals surface area (Å²) >= 11 is 19.6. The number of thiazole rings is 1. The molecule has 0 fully saturated rings. The standard InChI is InChI=1S/C31H22Cl3N5O3S/c32-22-9-12-24(13-10-22)36-31-38-27(18-43-31)19-5-7-20(8-6-19)30(41)39-35-16-21-15-23(33)11-14-28(21)42-17-29(40)37-26-4-2-1-3-25(26)34/h1-16,18H,17H2,(H,36,38)(H,37,40)(H,39,41)/b35-16-. The third-order valence-electron chi connectivity index (χ3n) is 5.89. The van der Waals surface area contributed by atoms with E-state index in [1.807, 2.05) is 29.6 Å². The highest BCUT2D eigenvalue weighted by Gasteiger charge is 2.11. The fourth-order valence-corrected chi connectivity index (χ4v) is 5.01. The number of nitrogens with zero attached hydrogens (tertiary/aromatic N) is 2. The summed E-state index contributed by atoms with van der Waals surface area (Å²) in [6.45, 7) is -0.274. The molecule has 43 heavy (non-hydrogen) atoms. The maximum absolute atomic E-state index is 12.7. The van der Waals surface area contributed by atoms with Crippen molar-refractivity contribution in [2.24, 2.45) is 5.10 Å². The summed E-state index contributed by atoms with van der Waals surface area (Å²) in [5.41, 5.74) is 6.38. The van der Waals surface area contributed by atoms with Gasteiger partial charge in [0.05, 0.1) is 22.6 Å². The second kappa shape index (κ2) is 14.2. The Kier molecular flexibility index (Phi) is 9.91. The summed E-state index contributed by atoms with van der Waals surface area (Å²) in [6.07, 6.45) is 1.39. The van der Waals surface area contributed by atoms with Gasteiger partial charge in [-0.15, -0.1) is 11.3 Å². The van der Waals surface area contributed by atoms with Gasteiger partial charge in [-0.05, 0) is 66.7 Å². The van der Waals surface area contributed by atoms with Gasteiger partial charge in [0.1, 0.15) is 5.75 Å². The number of para-hydroxylation sites is 1. The van der Waals surface area contributed by atoms with Crippen molar-refractivity contribution >= 4 is 80.7 Å². The normalized spacial score (nSPS) is 10.9. The summed E-state index contributed by atoms with van der Waals surface area (Å²) in [5, 5.41) is 14.2. The molecule has 0 atom stereocenters. The highest BCUT2D eigenvalue weighted by Crippen LogP contribution is 2.28. The Hall–Kier alpha value is -4.41. The monoisotopic (exact) mass is 649 g/mol. The number of hydrazone groups is 1. The number of halogens is 3. The maximum atomic E-state index is 12.7. The van der Waals surface area contributed by atoms with Crippen LogP contribution in [-0.2, 0) is 4.79 Å². The fourth-order valence-electron chi connectivity index (χ4n) is 3.78. The fraction of sp³-hybridized carbons (Fsp3) is 0.0323. The van der Waals surface area contributed by atoms with Crippen LogP contribution in [0.25, 0.3) is 11.3 Å². The molecule has 0 aliphatic rings. The van der Waals surface area contributed by atoms with Crippen molar-refractivity contribution in [1.82, 2.24) is 10.4 Å². The van der Waals surface area contributed by atoms with Crippen LogP contribution >= 0.6 is 46.1 Å². The molecule has 4 aromatic carbocycles. The van der Waals surface area contributed by atoms with Crippen molar-refractivity contribution in [3.05, 3.63) is 123 Å². The molecule has 8 nitrogen and oxygen atoms in total. The van der Waals surface area contributed by atoms with Gasteiger partial charge in [-0.2, -0.15) is 5.10 Å². The van der Waals surface area contributed by atoms with Crippen molar-refractivity contribution in [2.75, 3.05) is 17.2 Å². The lowest BCUT2D eigenvalue weighted by molar-refractivity contribution is -0.118. The first-order valence-electron chi connectivity index (χ1n) is 12.7. The van der Waals surface area contributed by atoms with E-state index >= 15 is 0 Å². The van der Waals surface area contributed by atoms with Crippen LogP contribution in [0.1, 0.15) is 15.9 Å². The highest BCUT2D eigenvalue weighted by atomic mass is 35.5. The zero-order chi connectivity index (χ0) is 30.2. The number of anilines is 3. The Morgan fingerprint density at radius 1 is 0.907 bits per heavy atom. The van der Waals surface area contributed by atoms with Gasteiger partial charge in [0.2, 0.25) is 0 Å². The Labute approximate surface area is 266 Å². The van der Waals surface area contributed by atoms with Gasteiger partial charge in [-0.25, -0.2) is 10.4 Å². The minimum atomic E-state index is -0.408. The van der Waals surface area contributed by atoms with Gasteiger partial charge in [-0.1, -0.05) is 59.1 Å².